The summed E-state index contributed by atoms with van der Waals surface area (Å²) in [5.74, 6) is 2.27. The van der Waals surface area contributed by atoms with Gasteiger partial charge in [0.05, 0.1) is 19.0 Å². The van der Waals surface area contributed by atoms with Crippen LogP contribution in [-0.2, 0) is 22.7 Å². The van der Waals surface area contributed by atoms with Crippen LogP contribution in [0.1, 0.15) is 125 Å². The van der Waals surface area contributed by atoms with Crippen molar-refractivity contribution in [1.82, 2.24) is 29.9 Å². The van der Waals surface area contributed by atoms with Crippen LogP contribution in [-0.4, -0.2) is 162 Å². The number of aromatic hydroxyl groups is 1. The fraction of sp³-hybridized carbons (Fsp3) is 0.338. The van der Waals surface area contributed by atoms with Crippen molar-refractivity contribution in [3.05, 3.63) is 106 Å². The molecule has 0 aliphatic carbocycles. The molecule has 3 N–H and O–H groups in total. The number of Topliss-reactive ketones (excluding diaryl/α,β-unsaturated/α-hetero) is 7. The Morgan fingerprint density at radius 1 is 0.477 bits per heavy atom. The van der Waals surface area contributed by atoms with E-state index in [4.69, 9.17) is 35.3 Å². The number of hydrogen-bond acceptors (Lipinski definition) is 39. The minimum Gasteiger partial charge on any atom is -0.855 e. The first kappa shape index (κ1) is 189. The second kappa shape index (κ2) is 110. The molecular formula is C68H74BrN10NaO12S17U21. The second-order valence-corrected chi connectivity index (χ2v) is 38.5. The van der Waals surface area contributed by atoms with E-state index in [0.29, 0.717) is 75.2 Å². The van der Waals surface area contributed by atoms with E-state index in [9.17, 15) is 38.7 Å². The van der Waals surface area contributed by atoms with E-state index in [2.05, 4.69) is 50.7 Å². The van der Waals surface area contributed by atoms with E-state index in [-0.39, 0.29) is 736 Å². The number of benzene rings is 2. The number of halogens is 1. The number of fused-ring (bicyclic) bond motifs is 3. The molecule has 130 heavy (non-hydrogen) atoms. The summed E-state index contributed by atoms with van der Waals surface area (Å²) in [5.41, 5.74) is 7.65. The Morgan fingerprint density at radius 3 is 1.13 bits per heavy atom. The quantitative estimate of drug-likeness (QED) is 0.0168. The van der Waals surface area contributed by atoms with Gasteiger partial charge in [0.2, 0.25) is 6.19 Å². The Kier molecular flexibility index (Phi) is 160. The number of thiazole rings is 6. The topological polar surface area (TPSA) is 333 Å². The fourth-order valence-electron chi connectivity index (χ4n) is 8.06. The Balaban J connectivity index is -0.0000000697. The first-order valence-corrected chi connectivity index (χ1v) is 48.9. The maximum absolute atomic E-state index is 12.0. The molecule has 0 unspecified atom stereocenters. The molecule has 0 atom stereocenters. The van der Waals surface area contributed by atoms with Gasteiger partial charge in [0.15, 0.2) is 78.8 Å². The molecule has 22 nitrogen and oxygen atoms in total. The Labute approximate surface area is 1360 Å². The maximum Gasteiger partial charge on any atom is 1.00 e. The van der Waals surface area contributed by atoms with Crippen molar-refractivity contribution < 1.29 is 741 Å². The number of nitriles is 1. The van der Waals surface area contributed by atoms with Crippen molar-refractivity contribution in [3.63, 3.8) is 0 Å². The number of ether oxygens (including phenoxy) is 3. The minimum absolute atomic E-state index is 0. The Bertz CT molecular complexity index is 4880. The number of aliphatic imine (C=N–C) groups is 1. The van der Waals surface area contributed by atoms with Crippen LogP contribution in [0, 0.1) is 665 Å². The molecule has 1 aliphatic rings. The number of rotatable bonds is 21. The number of hydrogen-bond donors (Lipinski definition) is 2. The standard InChI is InChI=1S/C18H18N2O3S2.C15H13NO2S3.C9H11NO2S3.C8H7NO2S3.C6H6BrNOS2.C6H8N2OS2.C4H6N2S2.C2H5O.Na.21U/c1-12(21)15-14(23-11-13-5-3-2-4-6-13)16-17(24-15)19-18(25-16)20-7-9-22-10-8-20;1-9(17)12-11(18-8-10-6-4-3-5-7-10)13-14(20-12)16-15(19-2)21-13;1-5(11)4-14-8-7(6(2)12)15-9(10-8)13-3;1-3(10)5-4(11)6-7(13-5)9-8(12-2)14-6;2*1-3(9)4-5(7)8-6(10-2)11-4;1-7-4(8-2)6-3-5;1-2-3;;;;;;;;;;;;;;;;;;;;;;/h2-6H,7-11H2,1H3;3-7H,8H2,1-2H3;4H2,1-3H3;11H,1-2H3;1-2H3;7H2,1-2H3;1-2H3;2H2,1H3;;;;;;;;;;;;;;;;;;;;;;/q;;;;;;;-1;+1;;;;;;;;;;;;;;;;;;;;;. The molecule has 12 rings (SSSR count). The van der Waals surface area contributed by atoms with Gasteiger partial charge in [0.1, 0.15) is 96.7 Å². The number of aromatic nitrogens is 6. The van der Waals surface area contributed by atoms with Crippen LogP contribution in [0.25, 0.3) is 28.6 Å². The van der Waals surface area contributed by atoms with E-state index in [1.807, 2.05) is 104 Å². The van der Waals surface area contributed by atoms with Crippen molar-refractivity contribution in [1.29, 1.82) is 5.26 Å². The Hall–Kier alpha value is 18.2. The number of thioether (sulfide) groups is 8. The smallest absolute Gasteiger partial charge is 0.855 e. The number of nitrogen functional groups attached to an aromatic ring is 1. The van der Waals surface area contributed by atoms with Gasteiger partial charge in [-0.05, 0) is 77.8 Å². The molecular weight excluding hydrogens is 6800 g/mol. The summed E-state index contributed by atoms with van der Waals surface area (Å²) in [5, 5.41) is 28.3. The van der Waals surface area contributed by atoms with Crippen LogP contribution in [0.15, 0.2) is 97.0 Å². The molecule has 662 valence electrons. The van der Waals surface area contributed by atoms with E-state index < -0.39 is 0 Å². The minimum atomic E-state index is -0.108. The molecule has 0 amide bonds. The molecule has 0 bridgehead atoms. The third kappa shape index (κ3) is 69.8. The van der Waals surface area contributed by atoms with Crippen molar-refractivity contribution in [2.45, 2.75) is 95.3 Å². The summed E-state index contributed by atoms with van der Waals surface area (Å²) in [6, 6.07) is 19.9. The number of morpholine rings is 1. The predicted octanol–water partition coefficient (Wildman–Crippen LogP) is 17.0. The van der Waals surface area contributed by atoms with Crippen LogP contribution in [0.2, 0.25) is 0 Å². The molecule has 62 heteroatoms. The monoisotopic (exact) mass is 6870 g/mol. The van der Waals surface area contributed by atoms with Gasteiger partial charge in [-0.3, -0.25) is 33.6 Å². The predicted molar refractivity (Wildman–Crippen MR) is 468 cm³/mol. The molecule has 11 aromatic rings. The fourth-order valence-corrected chi connectivity index (χ4v) is 23.0. The van der Waals surface area contributed by atoms with E-state index >= 15 is 0 Å². The molecule has 0 spiro atoms. The molecule has 10 heterocycles. The number of nitrogens with zero attached hydrogens (tertiary/aromatic N) is 9. The van der Waals surface area contributed by atoms with Crippen LogP contribution < -0.4 is 54.8 Å². The molecule has 2 aromatic carbocycles. The third-order valence-electron chi connectivity index (χ3n) is 12.8. The van der Waals surface area contributed by atoms with Gasteiger partial charge in [-0.1, -0.05) is 149 Å². The average molecular weight is 6870 g/mol. The summed E-state index contributed by atoms with van der Waals surface area (Å²) in [6.07, 6.45) is 15.2. The van der Waals surface area contributed by atoms with Crippen LogP contribution in [0.4, 0.5) is 10.9 Å². The number of thiophene rings is 3. The molecule has 1 aliphatic heterocycles. The zero-order valence-electron chi connectivity index (χ0n) is 72.3. The van der Waals surface area contributed by atoms with E-state index in [1.165, 1.54) is 166 Å². The van der Waals surface area contributed by atoms with Crippen molar-refractivity contribution in [3.8, 4) is 23.4 Å². The van der Waals surface area contributed by atoms with E-state index in [1.54, 1.807) is 91.8 Å². The molecule has 9 aromatic heterocycles. The van der Waals surface area contributed by atoms with Crippen LogP contribution >= 0.6 is 212 Å². The molecule has 0 saturated carbocycles. The molecule has 1 fully saturated rings. The third-order valence-corrected chi connectivity index (χ3v) is 32.3. The second-order valence-electron chi connectivity index (χ2n) is 20.7. The van der Waals surface area contributed by atoms with Crippen LogP contribution in [0.5, 0.6) is 17.2 Å². The van der Waals surface area contributed by atoms with Crippen molar-refractivity contribution in [2.75, 3.05) is 93.1 Å². The Morgan fingerprint density at radius 2 is 0.808 bits per heavy atom. The van der Waals surface area contributed by atoms with Crippen molar-refractivity contribution >= 4 is 296 Å². The summed E-state index contributed by atoms with van der Waals surface area (Å²) >= 11 is 28.1. The van der Waals surface area contributed by atoms with Crippen LogP contribution in [0.3, 0.4) is 0 Å². The van der Waals surface area contributed by atoms with Gasteiger partial charge in [-0.25, -0.2) is 29.9 Å². The largest absolute Gasteiger partial charge is 1.00 e. The number of anilines is 2. The summed E-state index contributed by atoms with van der Waals surface area (Å²) in [4.78, 5) is 117. The normalized spacial score (nSPS) is 9.31. The molecule has 1 saturated heterocycles. The van der Waals surface area contributed by atoms with E-state index in [0.717, 1.165) is 97.2 Å². The van der Waals surface area contributed by atoms with Crippen molar-refractivity contribution in [2.24, 2.45) is 4.99 Å². The zero-order valence-corrected chi connectivity index (χ0v) is 177. The van der Waals surface area contributed by atoms with Gasteiger partial charge in [-0.2, -0.15) is 10.3 Å². The number of carbonyl (C=O) groups is 7. The zero-order chi connectivity index (χ0) is 79.7. The van der Waals surface area contributed by atoms with Gasteiger partial charge >= 0.3 is 29.6 Å². The average Bonchev–Trinajstić information content (AvgIpc) is 1.63. The number of nitrogens with two attached hydrogens (primary N) is 1. The summed E-state index contributed by atoms with van der Waals surface area (Å²) < 4.78 is 26.1. The first-order valence-electron chi connectivity index (χ1n) is 31.2. The number of carbonyl (C=O) groups excluding carboxylic acids is 7. The molecule has 0 radical (unpaired) electrons. The summed E-state index contributed by atoms with van der Waals surface area (Å²) in [6.45, 7) is 16.3. The van der Waals surface area contributed by atoms with Gasteiger partial charge in [0.25, 0.3) is 0 Å². The SMILES string of the molecule is CC(=O)c1sc2nc(N3CCOCC3)sc2c1OCc1ccccc1.CC[O-].CSC(=NC#N)SC.CSc1nc(Br)c(C(C)=O)s1.CSc1nc(N)c(C(C)=O)s1.CSc1nc(SCC(C)=O)c(C(C)=O)s1.CSc1nc2sc(C(C)=O)c(O)c2s1.CSc1nc2sc(C(C)=O)c(OCc3ccccc3)c2s1.[Na+].[U].[U].[U].[U].[U].[U].[U].[U].[U].[U].[U].[U].[U].[U].[U].[U].[U].[U].[U].[U].[U]. The summed E-state index contributed by atoms with van der Waals surface area (Å²) in [7, 11) is 0. The van der Waals surface area contributed by atoms with Gasteiger partial charge < -0.3 is 35.1 Å². The van der Waals surface area contributed by atoms with Gasteiger partial charge in [0, 0.05) is 708 Å². The number of ketones is 7. The van der Waals surface area contributed by atoms with Gasteiger partial charge in [-0.15, -0.1) is 121 Å². The first-order chi connectivity index (χ1) is 51.6. The maximum atomic E-state index is 12.0.